The maximum atomic E-state index is 14.1. The molecule has 4 nitrogen and oxygen atoms in total. The van der Waals surface area contributed by atoms with Gasteiger partial charge in [-0.25, -0.2) is 4.39 Å². The summed E-state index contributed by atoms with van der Waals surface area (Å²) in [6.45, 7) is 0.297. The Balaban J connectivity index is 2.29. The molecule has 0 aliphatic heterocycles. The molecule has 0 unspecified atom stereocenters. The molecule has 0 amide bonds. The van der Waals surface area contributed by atoms with Gasteiger partial charge in [0, 0.05) is 11.1 Å². The molecule has 0 atom stereocenters. The van der Waals surface area contributed by atoms with Crippen molar-refractivity contribution in [3.8, 4) is 5.75 Å². The van der Waals surface area contributed by atoms with Gasteiger partial charge in [0.05, 0.1) is 26.0 Å². The number of nitrogens with zero attached hydrogens (tertiary/aromatic N) is 2. The number of hydrogen-bond acceptors (Lipinski definition) is 3. The molecule has 0 aliphatic rings. The van der Waals surface area contributed by atoms with Gasteiger partial charge in [0.25, 0.3) is 0 Å². The number of methoxy groups -OCH3 is 1. The van der Waals surface area contributed by atoms with Gasteiger partial charge in [0.1, 0.15) is 10.8 Å². The number of aromatic nitrogens is 2. The minimum atomic E-state index is -0.403. The Labute approximate surface area is 109 Å². The van der Waals surface area contributed by atoms with E-state index >= 15 is 0 Å². The summed E-state index contributed by atoms with van der Waals surface area (Å²) in [4.78, 5) is 0.0485. The highest BCUT2D eigenvalue weighted by molar-refractivity contribution is 7.80. The van der Waals surface area contributed by atoms with Crippen LogP contribution < -0.4 is 10.5 Å². The van der Waals surface area contributed by atoms with Crippen molar-refractivity contribution in [2.45, 2.75) is 6.54 Å². The third-order valence-electron chi connectivity index (χ3n) is 2.52. The van der Waals surface area contributed by atoms with Crippen LogP contribution in [0.25, 0.3) is 0 Å². The quantitative estimate of drug-likeness (QED) is 0.855. The van der Waals surface area contributed by atoms with Gasteiger partial charge in [-0.1, -0.05) is 24.4 Å². The van der Waals surface area contributed by atoms with Crippen LogP contribution in [0.2, 0.25) is 0 Å². The van der Waals surface area contributed by atoms with Crippen LogP contribution in [0.15, 0.2) is 30.6 Å². The lowest BCUT2D eigenvalue weighted by Gasteiger charge is -2.07. The standard InChI is InChI=1S/C12H12FN3OS/c1-17-9-5-15-16(7-9)6-8-3-2-4-10(11(8)13)12(14)18/h2-5,7H,6H2,1H3,(H2,14,18). The van der Waals surface area contributed by atoms with E-state index in [9.17, 15) is 4.39 Å². The van der Waals surface area contributed by atoms with Gasteiger partial charge in [0.2, 0.25) is 0 Å². The van der Waals surface area contributed by atoms with Crippen molar-refractivity contribution in [1.29, 1.82) is 0 Å². The van der Waals surface area contributed by atoms with Gasteiger partial charge in [-0.2, -0.15) is 5.10 Å². The molecule has 0 fully saturated rings. The first-order valence-electron chi connectivity index (χ1n) is 5.25. The SMILES string of the molecule is COc1cnn(Cc2cccc(C(N)=S)c2F)c1. The third kappa shape index (κ3) is 2.48. The van der Waals surface area contributed by atoms with E-state index in [0.29, 0.717) is 17.9 Å². The zero-order valence-corrected chi connectivity index (χ0v) is 10.6. The topological polar surface area (TPSA) is 53.1 Å². The van der Waals surface area contributed by atoms with E-state index < -0.39 is 5.82 Å². The molecule has 94 valence electrons. The molecule has 2 aromatic rings. The van der Waals surface area contributed by atoms with E-state index in [-0.39, 0.29) is 10.6 Å². The molecule has 0 saturated carbocycles. The largest absolute Gasteiger partial charge is 0.493 e. The Morgan fingerprint density at radius 2 is 2.33 bits per heavy atom. The minimum Gasteiger partial charge on any atom is -0.493 e. The molecular formula is C12H12FN3OS. The van der Waals surface area contributed by atoms with Crippen molar-refractivity contribution < 1.29 is 9.13 Å². The third-order valence-corrected chi connectivity index (χ3v) is 2.74. The van der Waals surface area contributed by atoms with Crippen molar-refractivity contribution in [3.63, 3.8) is 0 Å². The minimum absolute atomic E-state index is 0.0485. The lowest BCUT2D eigenvalue weighted by Crippen LogP contribution is -2.14. The number of nitrogens with two attached hydrogens (primary N) is 1. The van der Waals surface area contributed by atoms with E-state index in [1.54, 1.807) is 42.4 Å². The highest BCUT2D eigenvalue weighted by atomic mass is 32.1. The van der Waals surface area contributed by atoms with Crippen molar-refractivity contribution in [3.05, 3.63) is 47.5 Å². The molecule has 0 spiro atoms. The number of ether oxygens (including phenoxy) is 1. The summed E-state index contributed by atoms with van der Waals surface area (Å²) < 4.78 is 20.6. The zero-order valence-electron chi connectivity index (χ0n) is 9.76. The molecule has 0 aliphatic carbocycles. The fraction of sp³-hybridized carbons (Fsp3) is 0.167. The van der Waals surface area contributed by atoms with Crippen molar-refractivity contribution >= 4 is 17.2 Å². The first-order chi connectivity index (χ1) is 8.61. The summed E-state index contributed by atoms with van der Waals surface area (Å²) >= 11 is 4.79. The predicted octanol–water partition coefficient (Wildman–Crippen LogP) is 1.71. The molecule has 2 N–H and O–H groups in total. The van der Waals surface area contributed by atoms with Crippen LogP contribution in [0.5, 0.6) is 5.75 Å². The summed E-state index contributed by atoms with van der Waals surface area (Å²) in [7, 11) is 1.55. The first kappa shape index (κ1) is 12.5. The lowest BCUT2D eigenvalue weighted by atomic mass is 10.1. The molecule has 1 aromatic heterocycles. The Hall–Kier alpha value is -1.95. The Morgan fingerprint density at radius 1 is 1.56 bits per heavy atom. The van der Waals surface area contributed by atoms with E-state index in [1.807, 2.05) is 0 Å². The highest BCUT2D eigenvalue weighted by Crippen LogP contribution is 2.15. The number of halogens is 1. The van der Waals surface area contributed by atoms with Crippen LogP contribution in [-0.2, 0) is 6.54 Å². The number of benzene rings is 1. The van der Waals surface area contributed by atoms with Gasteiger partial charge in [0.15, 0.2) is 5.75 Å². The monoisotopic (exact) mass is 265 g/mol. The molecular weight excluding hydrogens is 253 g/mol. The van der Waals surface area contributed by atoms with Gasteiger partial charge < -0.3 is 10.5 Å². The molecule has 2 rings (SSSR count). The summed E-state index contributed by atoms with van der Waals surface area (Å²) in [6, 6.07) is 4.95. The predicted molar refractivity (Wildman–Crippen MR) is 70.2 cm³/mol. The van der Waals surface area contributed by atoms with Crippen LogP contribution in [-0.4, -0.2) is 21.9 Å². The Morgan fingerprint density at radius 3 is 2.94 bits per heavy atom. The highest BCUT2D eigenvalue weighted by Gasteiger charge is 2.10. The van der Waals surface area contributed by atoms with E-state index in [4.69, 9.17) is 22.7 Å². The van der Waals surface area contributed by atoms with Crippen LogP contribution in [0.4, 0.5) is 4.39 Å². The van der Waals surface area contributed by atoms with Crippen LogP contribution in [0, 0.1) is 5.82 Å². The normalized spacial score (nSPS) is 10.3. The fourth-order valence-corrected chi connectivity index (χ4v) is 1.76. The number of hydrogen-bond donors (Lipinski definition) is 1. The van der Waals surface area contributed by atoms with Crippen molar-refractivity contribution in [2.75, 3.05) is 7.11 Å². The van der Waals surface area contributed by atoms with Crippen molar-refractivity contribution in [2.24, 2.45) is 5.73 Å². The molecule has 0 bridgehead atoms. The Bertz CT molecular complexity index is 582. The second-order valence-corrected chi connectivity index (χ2v) is 4.16. The maximum absolute atomic E-state index is 14.1. The zero-order chi connectivity index (χ0) is 13.1. The summed E-state index contributed by atoms with van der Waals surface area (Å²) in [5.74, 6) is 0.223. The van der Waals surface area contributed by atoms with E-state index in [0.717, 1.165) is 0 Å². The molecule has 0 saturated heterocycles. The second kappa shape index (κ2) is 5.14. The summed E-state index contributed by atoms with van der Waals surface area (Å²) in [5, 5.41) is 4.06. The van der Waals surface area contributed by atoms with Crippen LogP contribution in [0.3, 0.4) is 0 Å². The fourth-order valence-electron chi connectivity index (χ4n) is 1.60. The van der Waals surface area contributed by atoms with Gasteiger partial charge in [-0.05, 0) is 6.07 Å². The smallest absolute Gasteiger partial charge is 0.156 e. The molecule has 1 aromatic carbocycles. The second-order valence-electron chi connectivity index (χ2n) is 3.72. The number of rotatable bonds is 4. The maximum Gasteiger partial charge on any atom is 0.156 e. The van der Waals surface area contributed by atoms with Gasteiger partial charge in [-0.3, -0.25) is 4.68 Å². The van der Waals surface area contributed by atoms with E-state index in [1.165, 1.54) is 0 Å². The molecule has 0 radical (unpaired) electrons. The molecule has 18 heavy (non-hydrogen) atoms. The average Bonchev–Trinajstić information content (AvgIpc) is 2.79. The summed E-state index contributed by atoms with van der Waals surface area (Å²) in [5.41, 5.74) is 6.18. The van der Waals surface area contributed by atoms with Gasteiger partial charge in [-0.15, -0.1) is 0 Å². The molecule has 1 heterocycles. The Kier molecular flexibility index (Phi) is 3.57. The molecule has 6 heteroatoms. The first-order valence-corrected chi connectivity index (χ1v) is 5.66. The summed E-state index contributed by atoms with van der Waals surface area (Å²) in [6.07, 6.45) is 3.25. The van der Waals surface area contributed by atoms with E-state index in [2.05, 4.69) is 5.10 Å². The average molecular weight is 265 g/mol. The van der Waals surface area contributed by atoms with Crippen LogP contribution in [0.1, 0.15) is 11.1 Å². The van der Waals surface area contributed by atoms with Crippen molar-refractivity contribution in [1.82, 2.24) is 9.78 Å². The number of thiocarbonyl (C=S) groups is 1. The van der Waals surface area contributed by atoms with Gasteiger partial charge >= 0.3 is 0 Å². The lowest BCUT2D eigenvalue weighted by molar-refractivity contribution is 0.414. The van der Waals surface area contributed by atoms with Crippen LogP contribution >= 0.6 is 12.2 Å².